The van der Waals surface area contributed by atoms with Crippen molar-refractivity contribution in [2.45, 2.75) is 22.9 Å². The second kappa shape index (κ2) is 9.49. The maximum absolute atomic E-state index is 12.7. The van der Waals surface area contributed by atoms with Crippen LogP contribution in [0.4, 0.5) is 5.69 Å². The molecule has 12 heteroatoms. The first-order valence-electron chi connectivity index (χ1n) is 9.84. The lowest BCUT2D eigenvalue weighted by molar-refractivity contribution is -0.113. The predicted molar refractivity (Wildman–Crippen MR) is 124 cm³/mol. The average molecular weight is 493 g/mol. The number of rotatable bonds is 7. The first-order chi connectivity index (χ1) is 15.3. The van der Waals surface area contributed by atoms with Crippen LogP contribution in [0.5, 0.6) is 0 Å². The summed E-state index contributed by atoms with van der Waals surface area (Å²) < 4.78 is 28.2. The van der Waals surface area contributed by atoms with Crippen molar-refractivity contribution in [3.05, 3.63) is 53.6 Å². The van der Waals surface area contributed by atoms with Gasteiger partial charge >= 0.3 is 0 Å². The Morgan fingerprint density at radius 1 is 1.12 bits per heavy atom. The van der Waals surface area contributed by atoms with E-state index in [0.717, 1.165) is 30.2 Å². The Kier molecular flexibility index (Phi) is 6.70. The van der Waals surface area contributed by atoms with Gasteiger partial charge in [0.15, 0.2) is 5.82 Å². The number of carbonyl (C=O) groups is 1. The number of nitrogens with zero attached hydrogens (tertiary/aromatic N) is 4. The average Bonchev–Trinajstić information content (AvgIpc) is 3.44. The molecule has 3 aromatic rings. The highest BCUT2D eigenvalue weighted by Gasteiger charge is 2.27. The van der Waals surface area contributed by atoms with Crippen LogP contribution in [-0.2, 0) is 14.8 Å². The number of thioether (sulfide) groups is 1. The molecule has 1 aliphatic rings. The molecule has 0 saturated carbocycles. The monoisotopic (exact) mass is 492 g/mol. The van der Waals surface area contributed by atoms with Crippen LogP contribution in [0.3, 0.4) is 0 Å². The molecule has 0 bridgehead atoms. The van der Waals surface area contributed by atoms with Gasteiger partial charge in [0.2, 0.25) is 21.1 Å². The van der Waals surface area contributed by atoms with Crippen LogP contribution in [0.25, 0.3) is 11.4 Å². The number of hydrogen-bond acceptors (Lipinski definition) is 7. The molecule has 1 fully saturated rings. The van der Waals surface area contributed by atoms with E-state index in [9.17, 15) is 13.2 Å². The van der Waals surface area contributed by atoms with Gasteiger partial charge in [0.05, 0.1) is 10.6 Å². The summed E-state index contributed by atoms with van der Waals surface area (Å²) in [5, 5.41) is 11.8. The fourth-order valence-corrected chi connectivity index (χ4v) is 5.66. The van der Waals surface area contributed by atoms with Crippen molar-refractivity contribution in [1.29, 1.82) is 0 Å². The molecule has 0 unspecified atom stereocenters. The molecule has 0 spiro atoms. The smallest absolute Gasteiger partial charge is 0.243 e. The number of amides is 1. The number of nitrogens with one attached hydrogen (secondary N) is 1. The van der Waals surface area contributed by atoms with Crippen LogP contribution in [0, 0.1) is 0 Å². The molecular formula is C20H21ClN6O3S2. The summed E-state index contributed by atoms with van der Waals surface area (Å²) in [4.78, 5) is 12.6. The Balaban J connectivity index is 1.39. The highest BCUT2D eigenvalue weighted by molar-refractivity contribution is 7.99. The maximum atomic E-state index is 12.7. The van der Waals surface area contributed by atoms with Gasteiger partial charge < -0.3 is 11.2 Å². The molecule has 1 aliphatic heterocycles. The van der Waals surface area contributed by atoms with E-state index in [2.05, 4.69) is 15.5 Å². The van der Waals surface area contributed by atoms with Crippen LogP contribution >= 0.6 is 23.4 Å². The molecule has 3 N–H and O–H groups in total. The number of carbonyl (C=O) groups excluding carboxylic acids is 1. The first kappa shape index (κ1) is 22.6. The number of nitrogens with two attached hydrogens (primary N) is 1. The number of anilines is 1. The Hall–Kier alpha value is -2.60. The summed E-state index contributed by atoms with van der Waals surface area (Å²) in [6, 6.07) is 13.3. The Labute approximate surface area is 195 Å². The lowest BCUT2D eigenvalue weighted by Gasteiger charge is -2.16. The Morgan fingerprint density at radius 3 is 2.56 bits per heavy atom. The third-order valence-corrected chi connectivity index (χ3v) is 8.01. The Bertz CT molecular complexity index is 1220. The molecule has 2 heterocycles. The molecule has 32 heavy (non-hydrogen) atoms. The zero-order chi connectivity index (χ0) is 22.7. The van der Waals surface area contributed by atoms with Crippen molar-refractivity contribution in [2.24, 2.45) is 0 Å². The van der Waals surface area contributed by atoms with Gasteiger partial charge in [-0.05, 0) is 55.3 Å². The lowest BCUT2D eigenvalue weighted by atomic mass is 10.2. The lowest BCUT2D eigenvalue weighted by Crippen LogP contribution is -2.28. The van der Waals surface area contributed by atoms with E-state index in [1.165, 1.54) is 21.1 Å². The molecule has 1 saturated heterocycles. The van der Waals surface area contributed by atoms with Gasteiger partial charge in [0.1, 0.15) is 0 Å². The van der Waals surface area contributed by atoms with E-state index in [4.69, 9.17) is 17.4 Å². The van der Waals surface area contributed by atoms with E-state index in [1.807, 2.05) is 0 Å². The predicted octanol–water partition coefficient (Wildman–Crippen LogP) is 2.83. The van der Waals surface area contributed by atoms with Crippen molar-refractivity contribution in [2.75, 3.05) is 30.0 Å². The normalized spacial score (nSPS) is 14.5. The minimum atomic E-state index is -3.55. The fourth-order valence-electron chi connectivity index (χ4n) is 3.31. The molecular weight excluding hydrogens is 472 g/mol. The second-order valence-electron chi connectivity index (χ2n) is 7.16. The number of halogens is 1. The van der Waals surface area contributed by atoms with Crippen molar-refractivity contribution in [3.63, 3.8) is 0 Å². The minimum absolute atomic E-state index is 0.0268. The van der Waals surface area contributed by atoms with Crippen LogP contribution in [-0.4, -0.2) is 52.3 Å². The van der Waals surface area contributed by atoms with Crippen molar-refractivity contribution >= 4 is 45.0 Å². The SMILES string of the molecule is Nn1c(SCC(=O)Nc2cccc(S(=O)(=O)N3CCCC3)c2)nnc1-c1ccc(Cl)cc1. The summed E-state index contributed by atoms with van der Waals surface area (Å²) in [7, 11) is -3.55. The minimum Gasteiger partial charge on any atom is -0.335 e. The molecule has 4 rings (SSSR count). The van der Waals surface area contributed by atoms with E-state index < -0.39 is 10.0 Å². The molecule has 1 aromatic heterocycles. The van der Waals surface area contributed by atoms with Crippen molar-refractivity contribution in [3.8, 4) is 11.4 Å². The topological polar surface area (TPSA) is 123 Å². The van der Waals surface area contributed by atoms with Crippen molar-refractivity contribution in [1.82, 2.24) is 19.2 Å². The summed E-state index contributed by atoms with van der Waals surface area (Å²) in [5.74, 6) is 6.23. The summed E-state index contributed by atoms with van der Waals surface area (Å²) in [5.41, 5.74) is 1.16. The van der Waals surface area contributed by atoms with E-state index in [1.54, 1.807) is 36.4 Å². The third kappa shape index (κ3) is 4.90. The Morgan fingerprint density at radius 2 is 1.84 bits per heavy atom. The molecule has 1 amide bonds. The van der Waals surface area contributed by atoms with Crippen LogP contribution in [0.1, 0.15) is 12.8 Å². The second-order valence-corrected chi connectivity index (χ2v) is 10.5. The number of sulfonamides is 1. The largest absolute Gasteiger partial charge is 0.335 e. The molecule has 168 valence electrons. The van der Waals surface area contributed by atoms with Gasteiger partial charge in [0.25, 0.3) is 0 Å². The van der Waals surface area contributed by atoms with Crippen molar-refractivity contribution < 1.29 is 13.2 Å². The summed E-state index contributed by atoms with van der Waals surface area (Å²) in [6.45, 7) is 1.04. The molecule has 0 aliphatic carbocycles. The summed E-state index contributed by atoms with van der Waals surface area (Å²) in [6.07, 6.45) is 1.72. The standard InChI is InChI=1S/C20H21ClN6O3S2/c21-15-8-6-14(7-9-15)19-24-25-20(27(19)22)31-13-18(28)23-16-4-3-5-17(12-16)32(29,30)26-10-1-2-11-26/h3-9,12H,1-2,10-11,13,22H2,(H,23,28). The zero-order valence-corrected chi connectivity index (χ0v) is 19.3. The molecule has 0 radical (unpaired) electrons. The third-order valence-electron chi connectivity index (χ3n) is 4.92. The van der Waals surface area contributed by atoms with Gasteiger partial charge in [-0.2, -0.15) is 4.31 Å². The van der Waals surface area contributed by atoms with Gasteiger partial charge in [-0.15, -0.1) is 10.2 Å². The molecule has 9 nitrogen and oxygen atoms in total. The molecule has 0 atom stereocenters. The van der Waals surface area contributed by atoms with E-state index in [-0.39, 0.29) is 16.6 Å². The quantitative estimate of drug-likeness (QED) is 0.384. The number of aromatic nitrogens is 3. The number of hydrogen-bond donors (Lipinski definition) is 2. The van der Waals surface area contributed by atoms with Gasteiger partial charge in [-0.25, -0.2) is 13.1 Å². The highest BCUT2D eigenvalue weighted by Crippen LogP contribution is 2.25. The number of benzene rings is 2. The van der Waals surface area contributed by atoms with Gasteiger partial charge in [0, 0.05) is 29.4 Å². The van der Waals surface area contributed by atoms with Crippen LogP contribution < -0.4 is 11.2 Å². The van der Waals surface area contributed by atoms with Gasteiger partial charge in [-0.3, -0.25) is 4.79 Å². The van der Waals surface area contributed by atoms with Crippen LogP contribution in [0.2, 0.25) is 5.02 Å². The number of nitrogen functional groups attached to an aromatic ring is 1. The maximum Gasteiger partial charge on any atom is 0.243 e. The van der Waals surface area contributed by atoms with Crippen LogP contribution in [0.15, 0.2) is 58.6 Å². The van der Waals surface area contributed by atoms with E-state index >= 15 is 0 Å². The first-order valence-corrected chi connectivity index (χ1v) is 12.6. The van der Waals surface area contributed by atoms with Gasteiger partial charge in [-0.1, -0.05) is 29.4 Å². The van der Waals surface area contributed by atoms with E-state index in [0.29, 0.717) is 34.8 Å². The highest BCUT2D eigenvalue weighted by atomic mass is 35.5. The summed E-state index contributed by atoms with van der Waals surface area (Å²) >= 11 is 7.03. The molecule has 2 aromatic carbocycles. The fraction of sp³-hybridized carbons (Fsp3) is 0.250. The zero-order valence-electron chi connectivity index (χ0n) is 16.9.